The Bertz CT molecular complexity index is 1080. The van der Waals surface area contributed by atoms with Crippen molar-refractivity contribution in [2.45, 2.75) is 25.9 Å². The van der Waals surface area contributed by atoms with Gasteiger partial charge in [0.05, 0.1) is 0 Å². The van der Waals surface area contributed by atoms with Crippen LogP contribution in [0.4, 0.5) is 4.79 Å². The molecule has 0 bridgehead atoms. The quantitative estimate of drug-likeness (QED) is 0.634. The number of carbonyl (C=O) groups excluding carboxylic acids is 1. The third-order valence-electron chi connectivity index (χ3n) is 6.77. The molecule has 3 aromatic rings. The van der Waals surface area contributed by atoms with Gasteiger partial charge in [0.1, 0.15) is 17.5 Å². The van der Waals surface area contributed by atoms with E-state index in [1.165, 1.54) is 11.3 Å². The van der Waals surface area contributed by atoms with Gasteiger partial charge in [0.25, 0.3) is 0 Å². The van der Waals surface area contributed by atoms with E-state index in [2.05, 4.69) is 58.6 Å². The highest BCUT2D eigenvalue weighted by Gasteiger charge is 2.28. The first-order valence-electron chi connectivity index (χ1n) is 11.5. The van der Waals surface area contributed by atoms with Crippen LogP contribution < -0.4 is 4.74 Å². The molecule has 0 atom stereocenters. The number of hydrogen-bond acceptors (Lipinski definition) is 4. The molecular weight excluding hydrogens is 402 g/mol. The van der Waals surface area contributed by atoms with Gasteiger partial charge >= 0.3 is 6.03 Å². The van der Waals surface area contributed by atoms with E-state index < -0.39 is 0 Å². The summed E-state index contributed by atoms with van der Waals surface area (Å²) in [5.74, 6) is 0.888. The molecule has 2 saturated heterocycles. The van der Waals surface area contributed by atoms with Crippen LogP contribution in [0.5, 0.6) is 5.75 Å². The van der Waals surface area contributed by atoms with Crippen molar-refractivity contribution in [1.82, 2.24) is 24.1 Å². The molecule has 0 N–H and O–H groups in total. The number of likely N-dealkylation sites (tertiary alicyclic amines) is 1. The first kappa shape index (κ1) is 20.8. The fourth-order valence-electron chi connectivity index (χ4n) is 4.70. The van der Waals surface area contributed by atoms with E-state index in [1.54, 1.807) is 0 Å². The van der Waals surface area contributed by atoms with E-state index in [4.69, 9.17) is 4.74 Å². The number of benzene rings is 1. The number of hydrogen-bond donors (Lipinski definition) is 0. The zero-order chi connectivity index (χ0) is 22.1. The molecule has 168 valence electrons. The maximum absolute atomic E-state index is 12.8. The molecule has 1 aromatic carbocycles. The highest BCUT2D eigenvalue weighted by atomic mass is 16.5. The number of ether oxygens (including phenoxy) is 1. The summed E-state index contributed by atoms with van der Waals surface area (Å²) < 4.78 is 8.36. The van der Waals surface area contributed by atoms with Crippen molar-refractivity contribution in [3.05, 3.63) is 54.5 Å². The average Bonchev–Trinajstić information content (AvgIpc) is 3.31. The number of piperidine rings is 1. The maximum atomic E-state index is 12.8. The van der Waals surface area contributed by atoms with Crippen LogP contribution >= 0.6 is 0 Å². The Kier molecular flexibility index (Phi) is 5.74. The summed E-state index contributed by atoms with van der Waals surface area (Å²) in [4.78, 5) is 23.4. The number of aromatic nitrogens is 2. The lowest BCUT2D eigenvalue weighted by Crippen LogP contribution is -2.53. The first-order chi connectivity index (χ1) is 15.6. The van der Waals surface area contributed by atoms with Gasteiger partial charge in [0, 0.05) is 75.8 Å². The van der Waals surface area contributed by atoms with Crippen LogP contribution in [-0.2, 0) is 0 Å². The number of amides is 2. The number of urea groups is 1. The molecule has 2 amide bonds. The van der Waals surface area contributed by atoms with Crippen molar-refractivity contribution in [1.29, 1.82) is 0 Å². The lowest BCUT2D eigenvalue weighted by Gasteiger charge is -2.38. The highest BCUT2D eigenvalue weighted by molar-refractivity contribution is 5.74. The fraction of sp³-hybridized carbons (Fsp3) is 0.440. The van der Waals surface area contributed by atoms with Crippen molar-refractivity contribution < 1.29 is 9.53 Å². The molecule has 7 nitrogen and oxygen atoms in total. The standard InChI is InChI=1S/C25H31N5O2/c1-19-23(7-8-24-26-11-14-30(19)24)20-3-5-21(6-4-20)32-22-9-12-28(13-10-22)25(31)29-17-15-27(2)16-18-29/h3-8,11,14,22H,9-10,12-13,15-18H2,1-2H3. The van der Waals surface area contributed by atoms with Gasteiger partial charge in [0.15, 0.2) is 0 Å². The number of carbonyl (C=O) groups is 1. The average molecular weight is 434 g/mol. The molecule has 2 aliphatic rings. The lowest BCUT2D eigenvalue weighted by atomic mass is 10.0. The Balaban J connectivity index is 1.17. The number of pyridine rings is 1. The Hall–Kier alpha value is -3.06. The predicted octanol–water partition coefficient (Wildman–Crippen LogP) is 3.52. The van der Waals surface area contributed by atoms with Crippen LogP contribution in [0.15, 0.2) is 48.8 Å². The van der Waals surface area contributed by atoms with Crippen molar-refractivity contribution in [3.8, 4) is 16.9 Å². The Labute approximate surface area is 189 Å². The monoisotopic (exact) mass is 433 g/mol. The molecule has 0 spiro atoms. The number of nitrogens with zero attached hydrogens (tertiary/aromatic N) is 5. The summed E-state index contributed by atoms with van der Waals surface area (Å²) in [6.07, 6.45) is 5.72. The van der Waals surface area contributed by atoms with Crippen molar-refractivity contribution >= 4 is 11.7 Å². The molecule has 0 aliphatic carbocycles. The summed E-state index contributed by atoms with van der Waals surface area (Å²) in [6, 6.07) is 12.7. The van der Waals surface area contributed by atoms with Gasteiger partial charge in [-0.15, -0.1) is 0 Å². The number of imidazole rings is 1. The molecule has 4 heterocycles. The zero-order valence-electron chi connectivity index (χ0n) is 18.9. The number of likely N-dealkylation sites (N-methyl/N-ethyl adjacent to an activating group) is 1. The summed E-state index contributed by atoms with van der Waals surface area (Å²) in [5.41, 5.74) is 4.49. The van der Waals surface area contributed by atoms with E-state index in [0.29, 0.717) is 0 Å². The molecule has 2 aliphatic heterocycles. The zero-order valence-corrected chi connectivity index (χ0v) is 18.9. The number of aryl methyl sites for hydroxylation is 1. The molecule has 0 radical (unpaired) electrons. The molecule has 32 heavy (non-hydrogen) atoms. The summed E-state index contributed by atoms with van der Waals surface area (Å²) in [5, 5.41) is 0. The van der Waals surface area contributed by atoms with E-state index in [0.717, 1.165) is 69.1 Å². The Morgan fingerprint density at radius 1 is 0.938 bits per heavy atom. The van der Waals surface area contributed by atoms with Gasteiger partial charge in [-0.1, -0.05) is 12.1 Å². The number of fused-ring (bicyclic) bond motifs is 1. The molecule has 2 fully saturated rings. The van der Waals surface area contributed by atoms with Crippen LogP contribution in [0, 0.1) is 6.92 Å². The van der Waals surface area contributed by atoms with E-state index in [1.807, 2.05) is 28.3 Å². The maximum Gasteiger partial charge on any atom is 0.320 e. The van der Waals surface area contributed by atoms with Crippen LogP contribution in [0.1, 0.15) is 18.5 Å². The SMILES string of the molecule is Cc1c(-c2ccc(OC3CCN(C(=O)N4CCN(C)CC4)CC3)cc2)ccc2nccn12. The summed E-state index contributed by atoms with van der Waals surface area (Å²) >= 11 is 0. The Morgan fingerprint density at radius 3 is 2.34 bits per heavy atom. The van der Waals surface area contributed by atoms with Crippen molar-refractivity contribution in [2.24, 2.45) is 0 Å². The minimum Gasteiger partial charge on any atom is -0.490 e. The summed E-state index contributed by atoms with van der Waals surface area (Å²) in [6.45, 7) is 7.20. The van der Waals surface area contributed by atoms with Crippen LogP contribution in [0.2, 0.25) is 0 Å². The largest absolute Gasteiger partial charge is 0.490 e. The minimum absolute atomic E-state index is 0.154. The van der Waals surface area contributed by atoms with Gasteiger partial charge in [-0.2, -0.15) is 0 Å². The third-order valence-corrected chi connectivity index (χ3v) is 6.77. The second-order valence-electron chi connectivity index (χ2n) is 8.89. The van der Waals surface area contributed by atoms with E-state index in [9.17, 15) is 4.79 Å². The smallest absolute Gasteiger partial charge is 0.320 e. The normalized spacial score (nSPS) is 18.3. The van der Waals surface area contributed by atoms with Crippen LogP contribution in [-0.4, -0.2) is 82.5 Å². The molecule has 2 aromatic heterocycles. The highest BCUT2D eigenvalue weighted by Crippen LogP contribution is 2.27. The van der Waals surface area contributed by atoms with Gasteiger partial charge < -0.3 is 23.8 Å². The third kappa shape index (κ3) is 4.17. The second kappa shape index (κ2) is 8.82. The molecule has 7 heteroatoms. The summed E-state index contributed by atoms with van der Waals surface area (Å²) in [7, 11) is 2.11. The van der Waals surface area contributed by atoms with Crippen LogP contribution in [0.3, 0.4) is 0 Å². The van der Waals surface area contributed by atoms with Crippen molar-refractivity contribution in [3.63, 3.8) is 0 Å². The van der Waals surface area contributed by atoms with Crippen molar-refractivity contribution in [2.75, 3.05) is 46.3 Å². The van der Waals surface area contributed by atoms with Gasteiger partial charge in [0.2, 0.25) is 0 Å². The molecular formula is C25H31N5O2. The van der Waals surface area contributed by atoms with Gasteiger partial charge in [-0.25, -0.2) is 9.78 Å². The topological polar surface area (TPSA) is 53.3 Å². The lowest BCUT2D eigenvalue weighted by molar-refractivity contribution is 0.0840. The van der Waals surface area contributed by atoms with E-state index >= 15 is 0 Å². The van der Waals surface area contributed by atoms with E-state index in [-0.39, 0.29) is 12.1 Å². The predicted molar refractivity (Wildman–Crippen MR) is 125 cm³/mol. The number of rotatable bonds is 3. The molecule has 0 unspecified atom stereocenters. The first-order valence-corrected chi connectivity index (χ1v) is 11.5. The number of piperazine rings is 1. The molecule has 5 rings (SSSR count). The fourth-order valence-corrected chi connectivity index (χ4v) is 4.70. The van der Waals surface area contributed by atoms with Gasteiger partial charge in [-0.05, 0) is 43.8 Å². The van der Waals surface area contributed by atoms with Crippen LogP contribution in [0.25, 0.3) is 16.8 Å². The van der Waals surface area contributed by atoms with Gasteiger partial charge in [-0.3, -0.25) is 0 Å². The Morgan fingerprint density at radius 2 is 1.62 bits per heavy atom. The second-order valence-corrected chi connectivity index (χ2v) is 8.89. The molecule has 0 saturated carbocycles. The minimum atomic E-state index is 0.154.